The predicted octanol–water partition coefficient (Wildman–Crippen LogP) is 4.21. The number of hydrogen-bond acceptors (Lipinski definition) is 2. The summed E-state index contributed by atoms with van der Waals surface area (Å²) in [6.07, 6.45) is 9.12. The Morgan fingerprint density at radius 3 is 2.36 bits per heavy atom. The van der Waals surface area contributed by atoms with Crippen LogP contribution in [0.2, 0.25) is 0 Å². The summed E-state index contributed by atoms with van der Waals surface area (Å²) in [5, 5.41) is 10.5. The molecule has 0 saturated heterocycles. The lowest BCUT2D eigenvalue weighted by Crippen LogP contribution is -2.55. The van der Waals surface area contributed by atoms with Crippen molar-refractivity contribution in [3.05, 3.63) is 0 Å². The van der Waals surface area contributed by atoms with Crippen LogP contribution in [0.5, 0.6) is 0 Å². The van der Waals surface area contributed by atoms with Gasteiger partial charge in [-0.1, -0.05) is 20.8 Å². The lowest BCUT2D eigenvalue weighted by Gasteiger charge is -2.61. The van der Waals surface area contributed by atoms with Gasteiger partial charge in [0.15, 0.2) is 0 Å². The Morgan fingerprint density at radius 1 is 0.909 bits per heavy atom. The van der Waals surface area contributed by atoms with Crippen LogP contribution in [0.1, 0.15) is 72.1 Å². The molecule has 22 heavy (non-hydrogen) atoms. The van der Waals surface area contributed by atoms with Gasteiger partial charge >= 0.3 is 0 Å². The maximum absolute atomic E-state index is 12.2. The molecule has 0 aromatic carbocycles. The van der Waals surface area contributed by atoms with Crippen molar-refractivity contribution < 1.29 is 9.90 Å². The van der Waals surface area contributed by atoms with Crippen LogP contribution >= 0.6 is 0 Å². The molecule has 0 amide bonds. The van der Waals surface area contributed by atoms with Gasteiger partial charge in [-0.05, 0) is 79.4 Å². The number of rotatable bonds is 0. The van der Waals surface area contributed by atoms with Crippen LogP contribution in [0.15, 0.2) is 0 Å². The molecule has 0 aromatic rings. The second-order valence-corrected chi connectivity index (χ2v) is 9.46. The minimum atomic E-state index is -0.0733. The third-order valence-corrected chi connectivity index (χ3v) is 8.91. The first-order valence-corrected chi connectivity index (χ1v) is 9.58. The number of Topliss-reactive ketones (excluding diaryl/α,β-unsaturated/α-hetero) is 1. The second kappa shape index (κ2) is 4.82. The molecular weight excluding hydrogens is 272 g/mol. The van der Waals surface area contributed by atoms with E-state index in [0.717, 1.165) is 37.0 Å². The first-order valence-electron chi connectivity index (χ1n) is 9.58. The third kappa shape index (κ3) is 1.79. The molecule has 4 rings (SSSR count). The topological polar surface area (TPSA) is 37.3 Å². The van der Waals surface area contributed by atoms with Crippen molar-refractivity contribution in [1.29, 1.82) is 0 Å². The molecule has 8 atom stereocenters. The molecule has 2 heteroatoms. The summed E-state index contributed by atoms with van der Waals surface area (Å²) in [5.74, 6) is 3.74. The molecule has 4 aliphatic rings. The van der Waals surface area contributed by atoms with Gasteiger partial charge in [-0.3, -0.25) is 4.79 Å². The van der Waals surface area contributed by atoms with E-state index in [-0.39, 0.29) is 17.4 Å². The first-order chi connectivity index (χ1) is 10.4. The highest BCUT2D eigenvalue weighted by atomic mass is 16.3. The van der Waals surface area contributed by atoms with Gasteiger partial charge in [0.2, 0.25) is 0 Å². The summed E-state index contributed by atoms with van der Waals surface area (Å²) >= 11 is 0. The number of ketones is 1. The zero-order valence-corrected chi connectivity index (χ0v) is 14.5. The molecular formula is C20H32O2. The van der Waals surface area contributed by atoms with Crippen molar-refractivity contribution >= 4 is 5.78 Å². The lowest BCUT2D eigenvalue weighted by atomic mass is 9.44. The molecule has 0 radical (unpaired) electrons. The molecule has 0 spiro atoms. The summed E-state index contributed by atoms with van der Waals surface area (Å²) < 4.78 is 0. The normalized spacial score (nSPS) is 57.9. The maximum Gasteiger partial charge on any atom is 0.136 e. The van der Waals surface area contributed by atoms with Crippen LogP contribution in [0.4, 0.5) is 0 Å². The average molecular weight is 304 g/mol. The largest absolute Gasteiger partial charge is 0.393 e. The van der Waals surface area contributed by atoms with Crippen LogP contribution < -0.4 is 0 Å². The van der Waals surface area contributed by atoms with Crippen LogP contribution in [0.3, 0.4) is 0 Å². The standard InChI is InChI=1S/C20H32O2/c1-12-14-5-4-13-15-6-7-18(22)20(15,3)10-8-16(13)19(14,2)11-9-17(12)21/h12-16,18,22H,4-11H2,1-3H3/t12-,13-,14+,15-,16-,18-,19-,20-/m0/s1. The molecule has 4 saturated carbocycles. The van der Waals surface area contributed by atoms with E-state index in [1.54, 1.807) is 0 Å². The number of hydrogen-bond donors (Lipinski definition) is 1. The third-order valence-electron chi connectivity index (χ3n) is 8.91. The van der Waals surface area contributed by atoms with Crippen molar-refractivity contribution in [2.45, 2.75) is 78.2 Å². The van der Waals surface area contributed by atoms with Crippen molar-refractivity contribution in [3.8, 4) is 0 Å². The minimum Gasteiger partial charge on any atom is -0.393 e. The zero-order valence-electron chi connectivity index (χ0n) is 14.5. The molecule has 124 valence electrons. The Morgan fingerprint density at radius 2 is 1.59 bits per heavy atom. The smallest absolute Gasteiger partial charge is 0.136 e. The number of aliphatic hydroxyl groups excluding tert-OH is 1. The van der Waals surface area contributed by atoms with Crippen LogP contribution in [0.25, 0.3) is 0 Å². The van der Waals surface area contributed by atoms with Gasteiger partial charge < -0.3 is 5.11 Å². The van der Waals surface area contributed by atoms with Crippen LogP contribution in [-0.4, -0.2) is 17.0 Å². The monoisotopic (exact) mass is 304 g/mol. The van der Waals surface area contributed by atoms with E-state index >= 15 is 0 Å². The van der Waals surface area contributed by atoms with E-state index in [2.05, 4.69) is 20.8 Å². The van der Waals surface area contributed by atoms with Crippen molar-refractivity contribution in [3.63, 3.8) is 0 Å². The molecule has 4 aliphatic carbocycles. The Balaban J connectivity index is 1.65. The predicted molar refractivity (Wildman–Crippen MR) is 87.3 cm³/mol. The highest BCUT2D eigenvalue weighted by Gasteiger charge is 2.60. The molecule has 4 fully saturated rings. The van der Waals surface area contributed by atoms with Crippen LogP contribution in [-0.2, 0) is 4.79 Å². The highest BCUT2D eigenvalue weighted by Crippen LogP contribution is 2.66. The summed E-state index contributed by atoms with van der Waals surface area (Å²) in [6, 6.07) is 0. The average Bonchev–Trinajstić information content (AvgIpc) is 2.79. The Kier molecular flexibility index (Phi) is 3.32. The molecule has 0 heterocycles. The number of aliphatic hydroxyl groups is 1. The van der Waals surface area contributed by atoms with Crippen LogP contribution in [0, 0.1) is 40.4 Å². The van der Waals surface area contributed by atoms with Gasteiger partial charge in [-0.25, -0.2) is 0 Å². The number of carbonyl (C=O) groups is 1. The molecule has 0 aliphatic heterocycles. The number of carbonyl (C=O) groups excluding carboxylic acids is 1. The van der Waals surface area contributed by atoms with E-state index in [0.29, 0.717) is 17.1 Å². The summed E-state index contributed by atoms with van der Waals surface area (Å²) in [5.41, 5.74) is 0.561. The second-order valence-electron chi connectivity index (χ2n) is 9.46. The van der Waals surface area contributed by atoms with Gasteiger partial charge in [0.25, 0.3) is 0 Å². The molecule has 0 bridgehead atoms. The van der Waals surface area contributed by atoms with E-state index in [9.17, 15) is 9.90 Å². The van der Waals surface area contributed by atoms with Gasteiger partial charge in [-0.15, -0.1) is 0 Å². The van der Waals surface area contributed by atoms with Gasteiger partial charge in [0.1, 0.15) is 5.78 Å². The number of fused-ring (bicyclic) bond motifs is 5. The van der Waals surface area contributed by atoms with Gasteiger partial charge in [0, 0.05) is 12.3 Å². The Hall–Kier alpha value is -0.370. The van der Waals surface area contributed by atoms with Crippen molar-refractivity contribution in [2.75, 3.05) is 0 Å². The lowest BCUT2D eigenvalue weighted by molar-refractivity contribution is -0.152. The summed E-state index contributed by atoms with van der Waals surface area (Å²) in [4.78, 5) is 12.2. The highest BCUT2D eigenvalue weighted by molar-refractivity contribution is 5.82. The fraction of sp³-hybridized carbons (Fsp3) is 0.950. The minimum absolute atomic E-state index is 0.0733. The first kappa shape index (κ1) is 15.2. The van der Waals surface area contributed by atoms with Gasteiger partial charge in [0.05, 0.1) is 6.10 Å². The van der Waals surface area contributed by atoms with E-state index < -0.39 is 0 Å². The summed E-state index contributed by atoms with van der Waals surface area (Å²) in [7, 11) is 0. The van der Waals surface area contributed by atoms with E-state index in [4.69, 9.17) is 0 Å². The van der Waals surface area contributed by atoms with Crippen molar-refractivity contribution in [1.82, 2.24) is 0 Å². The SMILES string of the molecule is C[C@@H]1C(=O)CC[C@@]2(C)[C@@H]1CC[C@@H]1[C@@H]2CC[C@]2(C)[C@@H](O)CC[C@@H]12. The van der Waals surface area contributed by atoms with E-state index in [1.165, 1.54) is 32.1 Å². The van der Waals surface area contributed by atoms with Gasteiger partial charge in [-0.2, -0.15) is 0 Å². The summed E-state index contributed by atoms with van der Waals surface area (Å²) in [6.45, 7) is 7.05. The fourth-order valence-corrected chi connectivity index (χ4v) is 7.49. The molecule has 0 unspecified atom stereocenters. The zero-order chi connectivity index (χ0) is 15.7. The van der Waals surface area contributed by atoms with E-state index in [1.807, 2.05) is 0 Å². The van der Waals surface area contributed by atoms with Crippen molar-refractivity contribution in [2.24, 2.45) is 40.4 Å². The Labute approximate surface area is 135 Å². The molecule has 0 aromatic heterocycles. The Bertz CT molecular complexity index is 486. The quantitative estimate of drug-likeness (QED) is 0.728. The maximum atomic E-state index is 12.2. The molecule has 1 N–H and O–H groups in total. The fourth-order valence-electron chi connectivity index (χ4n) is 7.49. The molecule has 2 nitrogen and oxygen atoms in total.